The summed E-state index contributed by atoms with van der Waals surface area (Å²) in [5.74, 6) is -0.790. The summed E-state index contributed by atoms with van der Waals surface area (Å²) in [7, 11) is 5.54. The van der Waals surface area contributed by atoms with Crippen LogP contribution in [0.25, 0.3) is 5.76 Å². The van der Waals surface area contributed by atoms with E-state index in [2.05, 4.69) is 0 Å². The minimum absolute atomic E-state index is 0.109. The Kier molecular flexibility index (Phi) is 5.80. The summed E-state index contributed by atoms with van der Waals surface area (Å²) in [6, 6.07) is 15.4. The van der Waals surface area contributed by atoms with E-state index in [4.69, 9.17) is 4.74 Å². The predicted molar refractivity (Wildman–Crippen MR) is 106 cm³/mol. The molecule has 1 heterocycles. The van der Waals surface area contributed by atoms with Gasteiger partial charge in [0, 0.05) is 5.56 Å². The Morgan fingerprint density at radius 1 is 1.11 bits per heavy atom. The fourth-order valence-electron chi connectivity index (χ4n) is 3.36. The van der Waals surface area contributed by atoms with Crippen LogP contribution in [0.4, 0.5) is 0 Å². The molecule has 1 saturated heterocycles. The van der Waals surface area contributed by atoms with E-state index >= 15 is 0 Å². The number of benzene rings is 2. The maximum absolute atomic E-state index is 12.9. The number of rotatable bonds is 6. The molecule has 1 amide bonds. The molecule has 1 aliphatic rings. The van der Waals surface area contributed by atoms with E-state index in [9.17, 15) is 14.7 Å². The number of amides is 1. The fraction of sp³-hybridized carbons (Fsp3) is 0.273. The Balaban J connectivity index is 2.15. The topological polar surface area (TPSA) is 71.3 Å². The second kappa shape index (κ2) is 8.27. The summed E-state index contributed by atoms with van der Waals surface area (Å²) in [5, 5.41) is 10.9. The molecule has 6 nitrogen and oxygen atoms in total. The Bertz CT molecular complexity index is 906. The lowest BCUT2D eigenvalue weighted by Gasteiger charge is -2.25. The summed E-state index contributed by atoms with van der Waals surface area (Å²) in [6.07, 6.45) is 0. The molecule has 0 spiro atoms. The third-order valence-electron chi connectivity index (χ3n) is 4.85. The smallest absolute Gasteiger partial charge is 0.295 e. The molecular formula is C22H25N2O4+. The van der Waals surface area contributed by atoms with Crippen LogP contribution in [0.15, 0.2) is 60.2 Å². The highest BCUT2D eigenvalue weighted by atomic mass is 16.5. The number of likely N-dealkylation sites (N-methyl/N-ethyl adjacent to an activating group) is 1. The number of quaternary nitrogens is 1. The molecular weight excluding hydrogens is 356 g/mol. The highest BCUT2D eigenvalue weighted by Gasteiger charge is 2.46. The first-order valence-corrected chi connectivity index (χ1v) is 9.21. The van der Waals surface area contributed by atoms with E-state index in [1.165, 1.54) is 0 Å². The second-order valence-electron chi connectivity index (χ2n) is 7.09. The third kappa shape index (κ3) is 3.77. The Morgan fingerprint density at radius 3 is 2.46 bits per heavy atom. The van der Waals surface area contributed by atoms with Crippen LogP contribution < -0.4 is 9.64 Å². The van der Waals surface area contributed by atoms with E-state index in [0.717, 1.165) is 10.5 Å². The fourth-order valence-corrected chi connectivity index (χ4v) is 3.36. The minimum Gasteiger partial charge on any atom is -0.507 e. The second-order valence-corrected chi connectivity index (χ2v) is 7.09. The number of likely N-dealkylation sites (tertiary alicyclic amines) is 1. The van der Waals surface area contributed by atoms with E-state index < -0.39 is 17.7 Å². The summed E-state index contributed by atoms with van der Waals surface area (Å²) >= 11 is 0. The normalized spacial score (nSPS) is 18.7. The van der Waals surface area contributed by atoms with Crippen molar-refractivity contribution in [1.82, 2.24) is 4.90 Å². The van der Waals surface area contributed by atoms with Gasteiger partial charge in [0.15, 0.2) is 0 Å². The number of ketones is 1. The van der Waals surface area contributed by atoms with Gasteiger partial charge in [-0.15, -0.1) is 0 Å². The molecule has 1 aliphatic heterocycles. The standard InChI is InChI=1S/C22H24N2O4/c1-23(2)12-13-24-19(16-10-7-11-17(14-16)28-3)18(21(26)22(24)27)20(25)15-8-5-4-6-9-15/h4-11,14,19,25H,12-13H2,1-3H3/p+1/t19-/m0/s1. The van der Waals surface area contributed by atoms with Gasteiger partial charge in [0.05, 0.1) is 45.9 Å². The molecule has 0 aliphatic carbocycles. The number of nitrogens with zero attached hydrogens (tertiary/aromatic N) is 1. The summed E-state index contributed by atoms with van der Waals surface area (Å²) < 4.78 is 5.31. The molecule has 1 fully saturated rings. The number of aliphatic hydroxyl groups is 1. The molecule has 2 aromatic rings. The number of methoxy groups -OCH3 is 1. The maximum atomic E-state index is 12.9. The van der Waals surface area contributed by atoms with Crippen LogP contribution in [0.3, 0.4) is 0 Å². The third-order valence-corrected chi connectivity index (χ3v) is 4.85. The van der Waals surface area contributed by atoms with E-state index in [0.29, 0.717) is 24.4 Å². The van der Waals surface area contributed by atoms with Crippen molar-refractivity contribution < 1.29 is 24.3 Å². The van der Waals surface area contributed by atoms with Crippen LogP contribution >= 0.6 is 0 Å². The van der Waals surface area contributed by atoms with Crippen molar-refractivity contribution in [2.75, 3.05) is 34.3 Å². The Labute approximate surface area is 164 Å². The van der Waals surface area contributed by atoms with Crippen LogP contribution in [0, 0.1) is 0 Å². The van der Waals surface area contributed by atoms with E-state index in [1.54, 1.807) is 48.4 Å². The first kappa shape index (κ1) is 19.6. The number of Topliss-reactive ketones (excluding diaryl/α,β-unsaturated/α-hetero) is 1. The van der Waals surface area contributed by atoms with Crippen LogP contribution in [-0.4, -0.2) is 56.0 Å². The van der Waals surface area contributed by atoms with Crippen LogP contribution in [0.5, 0.6) is 5.75 Å². The molecule has 0 aromatic heterocycles. The van der Waals surface area contributed by atoms with E-state index in [1.807, 2.05) is 32.3 Å². The minimum atomic E-state index is -0.664. The molecule has 146 valence electrons. The number of hydrogen-bond acceptors (Lipinski definition) is 4. The molecule has 2 aromatic carbocycles. The van der Waals surface area contributed by atoms with Gasteiger partial charge in [-0.25, -0.2) is 0 Å². The molecule has 0 bridgehead atoms. The van der Waals surface area contributed by atoms with Gasteiger partial charge in [-0.1, -0.05) is 42.5 Å². The van der Waals surface area contributed by atoms with Crippen LogP contribution in [-0.2, 0) is 9.59 Å². The molecule has 0 radical (unpaired) electrons. The molecule has 1 atom stereocenters. The molecule has 0 saturated carbocycles. The quantitative estimate of drug-likeness (QED) is 0.449. The maximum Gasteiger partial charge on any atom is 0.295 e. The first-order valence-electron chi connectivity index (χ1n) is 9.21. The zero-order valence-electron chi connectivity index (χ0n) is 16.3. The largest absolute Gasteiger partial charge is 0.507 e. The lowest BCUT2D eigenvalue weighted by atomic mass is 9.95. The number of nitrogens with one attached hydrogen (secondary N) is 1. The van der Waals surface area contributed by atoms with Crippen molar-refractivity contribution in [3.8, 4) is 5.75 Å². The Hall–Kier alpha value is -3.12. The van der Waals surface area contributed by atoms with Crippen molar-refractivity contribution in [2.24, 2.45) is 0 Å². The number of ether oxygens (including phenoxy) is 1. The Morgan fingerprint density at radius 2 is 1.82 bits per heavy atom. The first-order chi connectivity index (χ1) is 13.4. The monoisotopic (exact) mass is 381 g/mol. The van der Waals surface area contributed by atoms with Gasteiger partial charge >= 0.3 is 0 Å². The zero-order chi connectivity index (χ0) is 20.3. The number of aliphatic hydroxyl groups excluding tert-OH is 1. The van der Waals surface area contributed by atoms with Crippen molar-refractivity contribution >= 4 is 17.4 Å². The van der Waals surface area contributed by atoms with Crippen molar-refractivity contribution in [3.63, 3.8) is 0 Å². The van der Waals surface area contributed by atoms with Gasteiger partial charge in [0.1, 0.15) is 11.5 Å². The molecule has 2 N–H and O–H groups in total. The van der Waals surface area contributed by atoms with E-state index in [-0.39, 0.29) is 11.3 Å². The summed E-state index contributed by atoms with van der Waals surface area (Å²) in [6.45, 7) is 1.08. The van der Waals surface area contributed by atoms with Gasteiger partial charge in [0.2, 0.25) is 0 Å². The summed E-state index contributed by atoms with van der Waals surface area (Å²) in [5.41, 5.74) is 1.34. The van der Waals surface area contributed by atoms with Gasteiger partial charge in [-0.2, -0.15) is 0 Å². The summed E-state index contributed by atoms with van der Waals surface area (Å²) in [4.78, 5) is 28.4. The van der Waals surface area contributed by atoms with Gasteiger partial charge < -0.3 is 19.6 Å². The number of hydrogen-bond donors (Lipinski definition) is 2. The van der Waals surface area contributed by atoms with Gasteiger partial charge in [0.25, 0.3) is 11.7 Å². The number of carbonyl (C=O) groups excluding carboxylic acids is 2. The zero-order valence-corrected chi connectivity index (χ0v) is 16.3. The average Bonchev–Trinajstić information content (AvgIpc) is 2.97. The van der Waals surface area contributed by atoms with Crippen LogP contribution in [0.1, 0.15) is 17.2 Å². The molecule has 28 heavy (non-hydrogen) atoms. The average molecular weight is 381 g/mol. The predicted octanol–water partition coefficient (Wildman–Crippen LogP) is 1.26. The molecule has 3 rings (SSSR count). The highest BCUT2D eigenvalue weighted by molar-refractivity contribution is 6.46. The van der Waals surface area contributed by atoms with Crippen molar-refractivity contribution in [1.29, 1.82) is 0 Å². The number of carbonyl (C=O) groups is 2. The highest BCUT2D eigenvalue weighted by Crippen LogP contribution is 2.39. The van der Waals surface area contributed by atoms with Crippen LogP contribution in [0.2, 0.25) is 0 Å². The van der Waals surface area contributed by atoms with Crippen molar-refractivity contribution in [3.05, 3.63) is 71.3 Å². The lowest BCUT2D eigenvalue weighted by Crippen LogP contribution is -3.06. The molecule has 6 heteroatoms. The lowest BCUT2D eigenvalue weighted by molar-refractivity contribution is -0.857. The molecule has 0 unspecified atom stereocenters. The van der Waals surface area contributed by atoms with Gasteiger partial charge in [-0.05, 0) is 17.7 Å². The van der Waals surface area contributed by atoms with Crippen molar-refractivity contribution in [2.45, 2.75) is 6.04 Å². The van der Waals surface area contributed by atoms with Gasteiger partial charge in [-0.3, -0.25) is 9.59 Å². The SMILES string of the molecule is COc1cccc([C@H]2C(=C(O)c3ccccc3)C(=O)C(=O)N2CC[NH+](C)C)c1.